The van der Waals surface area contributed by atoms with Crippen LogP contribution in [0.4, 0.5) is 16.3 Å². The molecule has 6 nitrogen and oxygen atoms in total. The van der Waals surface area contributed by atoms with Crippen LogP contribution in [-0.4, -0.2) is 36.6 Å². The van der Waals surface area contributed by atoms with Gasteiger partial charge in [0.25, 0.3) is 0 Å². The van der Waals surface area contributed by atoms with Crippen molar-refractivity contribution in [1.82, 2.24) is 15.3 Å². The third-order valence-electron chi connectivity index (χ3n) is 3.69. The number of carbonyl (C=O) groups is 1. The fourth-order valence-corrected chi connectivity index (χ4v) is 2.03. The van der Waals surface area contributed by atoms with Gasteiger partial charge in [-0.25, -0.2) is 14.8 Å². The summed E-state index contributed by atoms with van der Waals surface area (Å²) in [6.07, 6.45) is 6.61. The molecule has 6 heteroatoms. The molecule has 1 aliphatic rings. The molecule has 1 aromatic rings. The second kappa shape index (κ2) is 5.42. The molecule has 0 atom stereocenters. The number of nitrogens with one attached hydrogen (secondary N) is 2. The van der Waals surface area contributed by atoms with E-state index in [-0.39, 0.29) is 6.03 Å². The Morgan fingerprint density at radius 2 is 2.21 bits per heavy atom. The van der Waals surface area contributed by atoms with Crippen molar-refractivity contribution in [3.63, 3.8) is 0 Å². The highest BCUT2D eigenvalue weighted by molar-refractivity contribution is 5.92. The van der Waals surface area contributed by atoms with Gasteiger partial charge in [-0.05, 0) is 24.7 Å². The molecule has 1 aliphatic carbocycles. The van der Waals surface area contributed by atoms with E-state index in [0.29, 0.717) is 16.9 Å². The Morgan fingerprint density at radius 1 is 1.47 bits per heavy atom. The Bertz CT molecular complexity index is 456. The van der Waals surface area contributed by atoms with Crippen molar-refractivity contribution in [2.45, 2.75) is 26.2 Å². The highest BCUT2D eigenvalue weighted by Gasteiger charge is 2.40. The van der Waals surface area contributed by atoms with Gasteiger partial charge in [0.2, 0.25) is 0 Å². The molecule has 1 fully saturated rings. The van der Waals surface area contributed by atoms with Crippen LogP contribution in [0, 0.1) is 5.41 Å². The topological polar surface area (TPSA) is 70.1 Å². The van der Waals surface area contributed by atoms with E-state index in [1.54, 1.807) is 6.20 Å². The first-order valence-electron chi connectivity index (χ1n) is 6.58. The second-order valence-corrected chi connectivity index (χ2v) is 5.32. The van der Waals surface area contributed by atoms with Crippen LogP contribution in [0.1, 0.15) is 26.2 Å². The van der Waals surface area contributed by atoms with Gasteiger partial charge in [-0.1, -0.05) is 6.92 Å². The summed E-state index contributed by atoms with van der Waals surface area (Å²) < 4.78 is 0. The number of hydrogen-bond acceptors (Lipinski definition) is 4. The molecular formula is C13H21N5O. The van der Waals surface area contributed by atoms with E-state index in [9.17, 15) is 4.79 Å². The molecule has 1 heterocycles. The molecule has 2 amide bonds. The van der Waals surface area contributed by atoms with Crippen molar-refractivity contribution >= 4 is 17.5 Å². The summed E-state index contributed by atoms with van der Waals surface area (Å²) in [5, 5.41) is 5.73. The van der Waals surface area contributed by atoms with E-state index in [1.807, 2.05) is 19.0 Å². The lowest BCUT2D eigenvalue weighted by Crippen LogP contribution is -2.34. The van der Waals surface area contributed by atoms with Gasteiger partial charge in [-0.15, -0.1) is 0 Å². The molecule has 0 radical (unpaired) electrons. The summed E-state index contributed by atoms with van der Waals surface area (Å²) in [6.45, 7) is 2.90. The molecule has 19 heavy (non-hydrogen) atoms. The normalized spacial score (nSPS) is 15.7. The lowest BCUT2D eigenvalue weighted by Gasteiger charge is -2.17. The predicted octanol–water partition coefficient (Wildman–Crippen LogP) is 1.85. The van der Waals surface area contributed by atoms with Gasteiger partial charge in [0.05, 0.1) is 6.20 Å². The van der Waals surface area contributed by atoms with Gasteiger partial charge in [-0.3, -0.25) is 0 Å². The first-order chi connectivity index (χ1) is 9.06. The molecule has 1 aromatic heterocycles. The van der Waals surface area contributed by atoms with E-state index in [4.69, 9.17) is 0 Å². The molecule has 0 spiro atoms. The summed E-state index contributed by atoms with van der Waals surface area (Å²) in [7, 11) is 3.75. The number of carbonyl (C=O) groups excluding carboxylic acids is 1. The fraction of sp³-hybridized carbons (Fsp3) is 0.615. The Balaban J connectivity index is 1.92. The van der Waals surface area contributed by atoms with Gasteiger partial charge >= 0.3 is 6.03 Å². The average Bonchev–Trinajstić information content (AvgIpc) is 3.17. The van der Waals surface area contributed by atoms with Crippen LogP contribution in [0.15, 0.2) is 12.5 Å². The maximum absolute atomic E-state index is 11.9. The summed E-state index contributed by atoms with van der Waals surface area (Å²) in [5.41, 5.74) is 0.959. The number of rotatable bonds is 5. The van der Waals surface area contributed by atoms with Crippen molar-refractivity contribution in [3.8, 4) is 0 Å². The van der Waals surface area contributed by atoms with Crippen LogP contribution in [0.2, 0.25) is 0 Å². The second-order valence-electron chi connectivity index (χ2n) is 5.32. The molecule has 0 bridgehead atoms. The Morgan fingerprint density at radius 3 is 2.79 bits per heavy atom. The Labute approximate surface area is 113 Å². The monoisotopic (exact) mass is 263 g/mol. The van der Waals surface area contributed by atoms with Gasteiger partial charge in [0.15, 0.2) is 5.82 Å². The first kappa shape index (κ1) is 13.6. The molecule has 0 aliphatic heterocycles. The quantitative estimate of drug-likeness (QED) is 0.850. The molecule has 2 N–H and O–H groups in total. The predicted molar refractivity (Wildman–Crippen MR) is 75.3 cm³/mol. The zero-order chi connectivity index (χ0) is 13.9. The number of nitrogens with zero attached hydrogens (tertiary/aromatic N) is 3. The highest BCUT2D eigenvalue weighted by atomic mass is 16.2. The summed E-state index contributed by atoms with van der Waals surface area (Å²) in [5.74, 6) is 0.696. The molecule has 0 saturated heterocycles. The fourth-order valence-electron chi connectivity index (χ4n) is 2.03. The molecule has 104 valence electrons. The average molecular weight is 263 g/mol. The SMILES string of the molecule is CCC1(CNC(=O)Nc2cncnc2N(C)C)CC1. The number of amides is 2. The molecule has 0 unspecified atom stereocenters. The van der Waals surface area contributed by atoms with Gasteiger partial charge in [0.1, 0.15) is 12.0 Å². The zero-order valence-electron chi connectivity index (χ0n) is 11.7. The highest BCUT2D eigenvalue weighted by Crippen LogP contribution is 2.47. The third kappa shape index (κ3) is 3.33. The summed E-state index contributed by atoms with van der Waals surface area (Å²) in [6, 6.07) is -0.197. The minimum atomic E-state index is -0.197. The van der Waals surface area contributed by atoms with Crippen LogP contribution < -0.4 is 15.5 Å². The summed E-state index contributed by atoms with van der Waals surface area (Å²) in [4.78, 5) is 21.8. The van der Waals surface area contributed by atoms with Crippen LogP contribution in [0.3, 0.4) is 0 Å². The van der Waals surface area contributed by atoms with E-state index < -0.39 is 0 Å². The lowest BCUT2D eigenvalue weighted by atomic mass is 10.0. The van der Waals surface area contributed by atoms with E-state index >= 15 is 0 Å². The smallest absolute Gasteiger partial charge is 0.319 e. The van der Waals surface area contributed by atoms with Crippen molar-refractivity contribution in [2.75, 3.05) is 30.9 Å². The number of aromatic nitrogens is 2. The van der Waals surface area contributed by atoms with Crippen LogP contribution in [0.5, 0.6) is 0 Å². The minimum Gasteiger partial charge on any atom is -0.361 e. The molecule has 1 saturated carbocycles. The largest absolute Gasteiger partial charge is 0.361 e. The maximum atomic E-state index is 11.9. The van der Waals surface area contributed by atoms with Crippen molar-refractivity contribution in [3.05, 3.63) is 12.5 Å². The van der Waals surface area contributed by atoms with E-state index in [2.05, 4.69) is 27.5 Å². The van der Waals surface area contributed by atoms with Crippen LogP contribution >= 0.6 is 0 Å². The summed E-state index contributed by atoms with van der Waals surface area (Å²) >= 11 is 0. The lowest BCUT2D eigenvalue weighted by molar-refractivity contribution is 0.249. The van der Waals surface area contributed by atoms with Gasteiger partial charge in [0, 0.05) is 20.6 Å². The van der Waals surface area contributed by atoms with E-state index in [1.165, 1.54) is 19.2 Å². The number of urea groups is 1. The standard InChI is InChI=1S/C13H21N5O/c1-4-13(5-6-13)8-15-12(19)17-10-7-14-9-16-11(10)18(2)3/h7,9H,4-6,8H2,1-3H3,(H2,15,17,19). The maximum Gasteiger partial charge on any atom is 0.319 e. The Hall–Kier alpha value is -1.85. The number of hydrogen-bond donors (Lipinski definition) is 2. The minimum absolute atomic E-state index is 0.197. The van der Waals surface area contributed by atoms with Crippen molar-refractivity contribution in [2.24, 2.45) is 5.41 Å². The Kier molecular flexibility index (Phi) is 3.87. The van der Waals surface area contributed by atoms with Crippen molar-refractivity contribution < 1.29 is 4.79 Å². The third-order valence-corrected chi connectivity index (χ3v) is 3.69. The first-order valence-corrected chi connectivity index (χ1v) is 6.58. The molecular weight excluding hydrogens is 242 g/mol. The number of anilines is 2. The zero-order valence-corrected chi connectivity index (χ0v) is 11.7. The van der Waals surface area contributed by atoms with Crippen molar-refractivity contribution in [1.29, 1.82) is 0 Å². The molecule has 2 rings (SSSR count). The van der Waals surface area contributed by atoms with Gasteiger partial charge < -0.3 is 15.5 Å². The van der Waals surface area contributed by atoms with Gasteiger partial charge in [-0.2, -0.15) is 0 Å². The van der Waals surface area contributed by atoms with Crippen LogP contribution in [0.25, 0.3) is 0 Å². The van der Waals surface area contributed by atoms with Crippen LogP contribution in [-0.2, 0) is 0 Å². The molecule has 0 aromatic carbocycles. The van der Waals surface area contributed by atoms with E-state index in [0.717, 1.165) is 13.0 Å².